The summed E-state index contributed by atoms with van der Waals surface area (Å²) < 4.78 is 53.3. The lowest BCUT2D eigenvalue weighted by Crippen LogP contribution is -2.43. The molecular formula is C28H31F3N6O3. The first-order valence-corrected chi connectivity index (χ1v) is 12.9. The molecule has 5 rings (SSSR count). The zero-order chi connectivity index (χ0) is 28.5. The van der Waals surface area contributed by atoms with Crippen LogP contribution in [0.5, 0.6) is 11.5 Å². The minimum absolute atomic E-state index is 0.0746. The van der Waals surface area contributed by atoms with Gasteiger partial charge in [0.2, 0.25) is 5.95 Å². The maximum atomic E-state index is 14.0. The molecule has 0 bridgehead atoms. The van der Waals surface area contributed by atoms with E-state index in [0.717, 1.165) is 31.9 Å². The van der Waals surface area contributed by atoms with E-state index in [0.29, 0.717) is 30.0 Å². The van der Waals surface area contributed by atoms with Gasteiger partial charge in [0.15, 0.2) is 5.78 Å². The number of carbonyl (C=O) groups is 1. The number of benzene rings is 2. The van der Waals surface area contributed by atoms with Crippen molar-refractivity contribution >= 4 is 34.6 Å². The number of hydrogen-bond donors (Lipinski definition) is 3. The first-order valence-electron chi connectivity index (χ1n) is 12.9. The standard InChI is InChI=1S/C28H31F3N6O3/c1-27(2)14-21(38)24-20(5-4-6-22(24)40-16-27)34-25-18(28(29,30)31)15-33-26(36-25)35-19-8-7-17(13-23(19)39-3)37-11-9-32-10-12-37/h4-8,13,15,32H,9-12,14,16H2,1-3H3,(H2,33,34,35,36). The topological polar surface area (TPSA) is 101 Å². The lowest BCUT2D eigenvalue weighted by atomic mass is 9.87. The number of halogens is 3. The number of hydrogen-bond acceptors (Lipinski definition) is 9. The van der Waals surface area contributed by atoms with Crippen molar-refractivity contribution < 1.29 is 27.4 Å². The molecule has 0 atom stereocenters. The van der Waals surface area contributed by atoms with Crippen molar-refractivity contribution in [2.45, 2.75) is 26.4 Å². The fraction of sp³-hybridized carbons (Fsp3) is 0.393. The van der Waals surface area contributed by atoms with E-state index in [1.165, 1.54) is 13.2 Å². The van der Waals surface area contributed by atoms with Gasteiger partial charge in [-0.3, -0.25) is 4.79 Å². The number of rotatable bonds is 6. The van der Waals surface area contributed by atoms with Crippen LogP contribution in [0.3, 0.4) is 0 Å². The second kappa shape index (κ2) is 10.8. The van der Waals surface area contributed by atoms with E-state index in [4.69, 9.17) is 9.47 Å². The monoisotopic (exact) mass is 556 g/mol. The fourth-order valence-corrected chi connectivity index (χ4v) is 4.79. The van der Waals surface area contributed by atoms with Gasteiger partial charge >= 0.3 is 6.18 Å². The highest BCUT2D eigenvalue weighted by Crippen LogP contribution is 2.40. The summed E-state index contributed by atoms with van der Waals surface area (Å²) in [4.78, 5) is 23.4. The van der Waals surface area contributed by atoms with Crippen LogP contribution in [0.1, 0.15) is 36.2 Å². The summed E-state index contributed by atoms with van der Waals surface area (Å²) in [5, 5.41) is 9.02. The molecule has 12 heteroatoms. The van der Waals surface area contributed by atoms with Gasteiger partial charge in [0.1, 0.15) is 22.9 Å². The van der Waals surface area contributed by atoms with Crippen LogP contribution in [-0.2, 0) is 6.18 Å². The molecular weight excluding hydrogens is 525 g/mol. The van der Waals surface area contributed by atoms with Gasteiger partial charge in [-0.15, -0.1) is 0 Å². The Morgan fingerprint density at radius 2 is 1.88 bits per heavy atom. The predicted octanol–water partition coefficient (Wildman–Crippen LogP) is 5.39. The molecule has 1 aromatic heterocycles. The van der Waals surface area contributed by atoms with Crippen LogP contribution in [0.4, 0.5) is 42.0 Å². The molecule has 0 saturated carbocycles. The third kappa shape index (κ3) is 5.91. The molecule has 0 spiro atoms. The van der Waals surface area contributed by atoms with Gasteiger partial charge in [0.05, 0.1) is 30.7 Å². The summed E-state index contributed by atoms with van der Waals surface area (Å²) in [5.74, 6) is 0.0140. The zero-order valence-electron chi connectivity index (χ0n) is 22.5. The molecule has 1 saturated heterocycles. The van der Waals surface area contributed by atoms with E-state index in [-0.39, 0.29) is 29.4 Å². The SMILES string of the molecule is COc1cc(N2CCNCC2)ccc1Nc1ncc(C(F)(F)F)c(Nc2cccc3c2C(=O)CC(C)(C)CO3)n1. The van der Waals surface area contributed by atoms with E-state index in [2.05, 4.69) is 30.8 Å². The Bertz CT molecular complexity index is 1410. The van der Waals surface area contributed by atoms with E-state index >= 15 is 0 Å². The summed E-state index contributed by atoms with van der Waals surface area (Å²) in [6, 6.07) is 10.3. The molecule has 0 unspecified atom stereocenters. The third-order valence-corrected chi connectivity index (χ3v) is 6.82. The van der Waals surface area contributed by atoms with Crippen molar-refractivity contribution in [2.75, 3.05) is 55.4 Å². The molecule has 2 aliphatic heterocycles. The van der Waals surface area contributed by atoms with Crippen molar-refractivity contribution in [3.63, 3.8) is 0 Å². The van der Waals surface area contributed by atoms with Gasteiger partial charge in [-0.25, -0.2) is 4.98 Å². The van der Waals surface area contributed by atoms with Crippen molar-refractivity contribution in [3.05, 3.63) is 53.7 Å². The number of fused-ring (bicyclic) bond motifs is 1. The number of piperazine rings is 1. The molecule has 3 heterocycles. The quantitative estimate of drug-likeness (QED) is 0.369. The van der Waals surface area contributed by atoms with Crippen LogP contribution >= 0.6 is 0 Å². The molecule has 0 amide bonds. The summed E-state index contributed by atoms with van der Waals surface area (Å²) in [7, 11) is 1.52. The molecule has 40 heavy (non-hydrogen) atoms. The van der Waals surface area contributed by atoms with Gasteiger partial charge in [-0.2, -0.15) is 18.2 Å². The minimum atomic E-state index is -4.74. The maximum Gasteiger partial charge on any atom is 0.421 e. The average Bonchev–Trinajstić information content (AvgIpc) is 3.04. The van der Waals surface area contributed by atoms with Gasteiger partial charge in [0, 0.05) is 56.0 Å². The summed E-state index contributed by atoms with van der Waals surface area (Å²) in [6.07, 6.45) is -3.84. The zero-order valence-corrected chi connectivity index (χ0v) is 22.5. The Balaban J connectivity index is 1.47. The van der Waals surface area contributed by atoms with E-state index in [1.807, 2.05) is 26.0 Å². The first-order chi connectivity index (χ1) is 19.0. The molecule has 212 valence electrons. The largest absolute Gasteiger partial charge is 0.494 e. The molecule has 3 N–H and O–H groups in total. The number of anilines is 5. The number of nitrogens with one attached hydrogen (secondary N) is 3. The van der Waals surface area contributed by atoms with E-state index in [9.17, 15) is 18.0 Å². The second-order valence-corrected chi connectivity index (χ2v) is 10.6. The smallest absolute Gasteiger partial charge is 0.421 e. The number of Topliss-reactive ketones (excluding diaryl/α,β-unsaturated/α-hetero) is 1. The minimum Gasteiger partial charge on any atom is -0.494 e. The van der Waals surface area contributed by atoms with Crippen molar-refractivity contribution in [1.82, 2.24) is 15.3 Å². The van der Waals surface area contributed by atoms with Crippen LogP contribution in [0.15, 0.2) is 42.6 Å². The number of ketones is 1. The van der Waals surface area contributed by atoms with Gasteiger partial charge < -0.3 is 30.3 Å². The van der Waals surface area contributed by atoms with E-state index < -0.39 is 23.0 Å². The van der Waals surface area contributed by atoms with Crippen LogP contribution in [-0.4, -0.2) is 55.6 Å². The van der Waals surface area contributed by atoms with Crippen LogP contribution < -0.4 is 30.3 Å². The molecule has 0 aliphatic carbocycles. The van der Waals surface area contributed by atoms with Crippen molar-refractivity contribution in [2.24, 2.45) is 5.41 Å². The van der Waals surface area contributed by atoms with Crippen molar-refractivity contribution in [3.8, 4) is 11.5 Å². The number of aromatic nitrogens is 2. The highest BCUT2D eigenvalue weighted by molar-refractivity contribution is 6.05. The van der Waals surface area contributed by atoms with Crippen LogP contribution in [0.2, 0.25) is 0 Å². The summed E-state index contributed by atoms with van der Waals surface area (Å²) in [6.45, 7) is 7.55. The Labute approximate surface area is 230 Å². The molecule has 9 nitrogen and oxygen atoms in total. The highest BCUT2D eigenvalue weighted by atomic mass is 19.4. The first kappa shape index (κ1) is 27.5. The Morgan fingerprint density at radius 1 is 1.10 bits per heavy atom. The van der Waals surface area contributed by atoms with Gasteiger partial charge in [-0.05, 0) is 24.3 Å². The third-order valence-electron chi connectivity index (χ3n) is 6.82. The molecule has 3 aromatic rings. The van der Waals surface area contributed by atoms with Crippen molar-refractivity contribution in [1.29, 1.82) is 0 Å². The lowest BCUT2D eigenvalue weighted by molar-refractivity contribution is -0.137. The normalized spacial score (nSPS) is 16.9. The number of nitrogens with zero attached hydrogens (tertiary/aromatic N) is 3. The lowest BCUT2D eigenvalue weighted by Gasteiger charge is -2.30. The average molecular weight is 557 g/mol. The van der Waals surface area contributed by atoms with Gasteiger partial charge in [-0.1, -0.05) is 19.9 Å². The number of alkyl halides is 3. The predicted molar refractivity (Wildman–Crippen MR) is 146 cm³/mol. The Hall–Kier alpha value is -4.06. The molecule has 2 aromatic carbocycles. The Morgan fingerprint density at radius 3 is 2.60 bits per heavy atom. The van der Waals surface area contributed by atoms with Crippen LogP contribution in [0.25, 0.3) is 0 Å². The maximum absolute atomic E-state index is 14.0. The highest BCUT2D eigenvalue weighted by Gasteiger charge is 2.36. The van der Waals surface area contributed by atoms with E-state index in [1.54, 1.807) is 18.2 Å². The number of ether oxygens (including phenoxy) is 2. The summed E-state index contributed by atoms with van der Waals surface area (Å²) in [5.41, 5.74) is 0.341. The number of carbonyl (C=O) groups excluding carboxylic acids is 1. The molecule has 0 radical (unpaired) electrons. The fourth-order valence-electron chi connectivity index (χ4n) is 4.79. The molecule has 1 fully saturated rings. The summed E-state index contributed by atoms with van der Waals surface area (Å²) >= 11 is 0. The second-order valence-electron chi connectivity index (χ2n) is 10.6. The Kier molecular flexibility index (Phi) is 7.45. The van der Waals surface area contributed by atoms with Gasteiger partial charge in [0.25, 0.3) is 0 Å². The number of methoxy groups -OCH3 is 1. The molecule has 2 aliphatic rings. The van der Waals surface area contributed by atoms with Crippen LogP contribution in [0, 0.1) is 5.41 Å².